The van der Waals surface area contributed by atoms with Gasteiger partial charge < -0.3 is 10.3 Å². The second kappa shape index (κ2) is 6.98. The van der Waals surface area contributed by atoms with Gasteiger partial charge in [0.15, 0.2) is 0 Å². The number of aromatic amines is 1. The third kappa shape index (κ3) is 4.25. The molecule has 6 nitrogen and oxygen atoms in total. The molecule has 0 aliphatic rings. The van der Waals surface area contributed by atoms with Crippen LogP contribution in [-0.2, 0) is 17.6 Å². The number of aryl methyl sites for hydroxylation is 2. The Morgan fingerprint density at radius 2 is 2.18 bits per heavy atom. The van der Waals surface area contributed by atoms with Gasteiger partial charge >= 0.3 is 0 Å². The standard InChI is InChI=1S/C16H20N4O2/c1-10(7-13-5-4-6-17-9-13)18-15(21)8-14-11(2)19-12(3)20-16(14)22/h4-6,9-10H,7-8H2,1-3H3,(H,18,21)(H,19,20,22). The first-order chi connectivity index (χ1) is 10.5. The van der Waals surface area contributed by atoms with E-state index in [-0.39, 0.29) is 23.9 Å². The zero-order chi connectivity index (χ0) is 16.1. The lowest BCUT2D eigenvalue weighted by molar-refractivity contribution is -0.121. The molecule has 0 spiro atoms. The van der Waals surface area contributed by atoms with E-state index in [0.717, 1.165) is 5.56 Å². The van der Waals surface area contributed by atoms with Crippen LogP contribution in [-0.4, -0.2) is 26.9 Å². The molecule has 0 saturated carbocycles. The molecule has 1 unspecified atom stereocenters. The highest BCUT2D eigenvalue weighted by molar-refractivity contribution is 5.79. The van der Waals surface area contributed by atoms with Gasteiger partial charge in [0.2, 0.25) is 5.91 Å². The average Bonchev–Trinajstić information content (AvgIpc) is 2.43. The fourth-order valence-electron chi connectivity index (χ4n) is 2.37. The Morgan fingerprint density at radius 3 is 2.82 bits per heavy atom. The van der Waals surface area contributed by atoms with Crippen LogP contribution in [0.5, 0.6) is 0 Å². The molecule has 1 amide bonds. The van der Waals surface area contributed by atoms with Gasteiger partial charge in [0.05, 0.1) is 6.42 Å². The molecule has 6 heteroatoms. The van der Waals surface area contributed by atoms with E-state index in [1.807, 2.05) is 19.1 Å². The Balaban J connectivity index is 1.97. The zero-order valence-electron chi connectivity index (χ0n) is 13.0. The van der Waals surface area contributed by atoms with Crippen LogP contribution in [0.1, 0.15) is 29.6 Å². The molecule has 0 radical (unpaired) electrons. The SMILES string of the molecule is Cc1nc(C)c(CC(=O)NC(C)Cc2cccnc2)c(=O)[nH]1. The summed E-state index contributed by atoms with van der Waals surface area (Å²) < 4.78 is 0. The van der Waals surface area contributed by atoms with E-state index in [0.29, 0.717) is 23.5 Å². The molecule has 2 N–H and O–H groups in total. The first kappa shape index (κ1) is 15.9. The molecule has 0 fully saturated rings. The minimum absolute atomic E-state index is 0.0329. The van der Waals surface area contributed by atoms with E-state index in [1.54, 1.807) is 26.2 Å². The summed E-state index contributed by atoms with van der Waals surface area (Å²) in [6.45, 7) is 5.38. The number of nitrogens with one attached hydrogen (secondary N) is 2. The predicted molar refractivity (Wildman–Crippen MR) is 83.6 cm³/mol. The van der Waals surface area contributed by atoms with Crippen molar-refractivity contribution in [3.8, 4) is 0 Å². The highest BCUT2D eigenvalue weighted by Gasteiger charge is 2.14. The number of aromatic nitrogens is 3. The minimum atomic E-state index is -0.250. The number of carbonyl (C=O) groups excluding carboxylic acids is 1. The summed E-state index contributed by atoms with van der Waals surface area (Å²) in [5.74, 6) is 0.368. The normalized spacial score (nSPS) is 12.0. The third-order valence-corrected chi connectivity index (χ3v) is 3.35. The van der Waals surface area contributed by atoms with Crippen molar-refractivity contribution in [2.24, 2.45) is 0 Å². The van der Waals surface area contributed by atoms with Gasteiger partial charge in [-0.3, -0.25) is 14.6 Å². The molecule has 2 heterocycles. The Morgan fingerprint density at radius 1 is 1.41 bits per heavy atom. The monoisotopic (exact) mass is 300 g/mol. The highest BCUT2D eigenvalue weighted by Crippen LogP contribution is 2.03. The van der Waals surface area contributed by atoms with Crippen molar-refractivity contribution in [3.63, 3.8) is 0 Å². The zero-order valence-corrected chi connectivity index (χ0v) is 13.0. The van der Waals surface area contributed by atoms with Crippen molar-refractivity contribution in [1.82, 2.24) is 20.3 Å². The van der Waals surface area contributed by atoms with Gasteiger partial charge in [0.1, 0.15) is 5.82 Å². The average molecular weight is 300 g/mol. The second-order valence-electron chi connectivity index (χ2n) is 5.43. The Bertz CT molecular complexity index is 710. The fraction of sp³-hybridized carbons (Fsp3) is 0.375. The van der Waals surface area contributed by atoms with Crippen LogP contribution in [0.15, 0.2) is 29.3 Å². The minimum Gasteiger partial charge on any atom is -0.353 e. The van der Waals surface area contributed by atoms with E-state index in [9.17, 15) is 9.59 Å². The molecule has 0 saturated heterocycles. The first-order valence-corrected chi connectivity index (χ1v) is 7.20. The molecule has 2 rings (SSSR count). The maximum atomic E-state index is 12.1. The van der Waals surface area contributed by atoms with Crippen molar-refractivity contribution in [2.75, 3.05) is 0 Å². The third-order valence-electron chi connectivity index (χ3n) is 3.35. The molecule has 1 atom stereocenters. The van der Waals surface area contributed by atoms with Crippen molar-refractivity contribution in [2.45, 2.75) is 39.7 Å². The molecule has 0 bridgehead atoms. The number of hydrogen-bond acceptors (Lipinski definition) is 4. The Kier molecular flexibility index (Phi) is 5.04. The number of nitrogens with zero attached hydrogens (tertiary/aromatic N) is 2. The van der Waals surface area contributed by atoms with Gasteiger partial charge in [-0.15, -0.1) is 0 Å². The largest absolute Gasteiger partial charge is 0.353 e. The summed E-state index contributed by atoms with van der Waals surface area (Å²) >= 11 is 0. The molecule has 0 aliphatic carbocycles. The van der Waals surface area contributed by atoms with E-state index >= 15 is 0 Å². The van der Waals surface area contributed by atoms with Gasteiger partial charge in [-0.2, -0.15) is 0 Å². The van der Waals surface area contributed by atoms with Crippen LogP contribution in [0.2, 0.25) is 0 Å². The highest BCUT2D eigenvalue weighted by atomic mass is 16.2. The van der Waals surface area contributed by atoms with Crippen molar-refractivity contribution in [1.29, 1.82) is 0 Å². The van der Waals surface area contributed by atoms with Gasteiger partial charge in [-0.25, -0.2) is 4.98 Å². The molecule has 22 heavy (non-hydrogen) atoms. The quantitative estimate of drug-likeness (QED) is 0.864. The lowest BCUT2D eigenvalue weighted by Crippen LogP contribution is -2.36. The molecule has 2 aromatic heterocycles. The van der Waals surface area contributed by atoms with Gasteiger partial charge in [-0.05, 0) is 38.8 Å². The lowest BCUT2D eigenvalue weighted by Gasteiger charge is -2.14. The van der Waals surface area contributed by atoms with Crippen LogP contribution in [0.4, 0.5) is 0 Å². The number of H-pyrrole nitrogens is 1. The smallest absolute Gasteiger partial charge is 0.254 e. The van der Waals surface area contributed by atoms with Crippen molar-refractivity contribution in [3.05, 3.63) is 57.5 Å². The molecular formula is C16H20N4O2. The molecular weight excluding hydrogens is 280 g/mol. The maximum absolute atomic E-state index is 12.1. The number of pyridine rings is 1. The summed E-state index contributed by atoms with van der Waals surface area (Å²) in [6.07, 6.45) is 4.22. The fourth-order valence-corrected chi connectivity index (χ4v) is 2.37. The Labute approximate surface area is 129 Å². The molecule has 2 aromatic rings. The van der Waals surface area contributed by atoms with Crippen LogP contribution in [0.3, 0.4) is 0 Å². The first-order valence-electron chi connectivity index (χ1n) is 7.20. The lowest BCUT2D eigenvalue weighted by atomic mass is 10.1. The summed E-state index contributed by atoms with van der Waals surface area (Å²) in [7, 11) is 0. The summed E-state index contributed by atoms with van der Waals surface area (Å²) in [6, 6.07) is 3.80. The van der Waals surface area contributed by atoms with E-state index < -0.39 is 0 Å². The second-order valence-corrected chi connectivity index (χ2v) is 5.43. The van der Waals surface area contributed by atoms with Crippen molar-refractivity contribution >= 4 is 5.91 Å². The van der Waals surface area contributed by atoms with Crippen molar-refractivity contribution < 1.29 is 4.79 Å². The number of hydrogen-bond donors (Lipinski definition) is 2. The van der Waals surface area contributed by atoms with E-state index in [4.69, 9.17) is 0 Å². The summed E-state index contributed by atoms with van der Waals surface area (Å²) in [5.41, 5.74) is 1.81. The van der Waals surface area contributed by atoms with Crippen LogP contribution in [0, 0.1) is 13.8 Å². The molecule has 0 aliphatic heterocycles. The van der Waals surface area contributed by atoms with Crippen LogP contribution >= 0.6 is 0 Å². The topological polar surface area (TPSA) is 87.7 Å². The van der Waals surface area contributed by atoms with Gasteiger partial charge in [0, 0.05) is 29.7 Å². The van der Waals surface area contributed by atoms with E-state index in [1.165, 1.54) is 0 Å². The predicted octanol–water partition coefficient (Wildman–Crippen LogP) is 1.07. The Hall–Kier alpha value is -2.50. The number of rotatable bonds is 5. The number of carbonyl (C=O) groups is 1. The van der Waals surface area contributed by atoms with E-state index in [2.05, 4.69) is 20.3 Å². The van der Waals surface area contributed by atoms with Gasteiger partial charge in [-0.1, -0.05) is 6.07 Å². The molecule has 0 aromatic carbocycles. The summed E-state index contributed by atoms with van der Waals surface area (Å²) in [4.78, 5) is 34.8. The van der Waals surface area contributed by atoms with Gasteiger partial charge in [0.25, 0.3) is 5.56 Å². The van der Waals surface area contributed by atoms with Crippen LogP contribution < -0.4 is 10.9 Å². The maximum Gasteiger partial charge on any atom is 0.254 e. The van der Waals surface area contributed by atoms with Crippen LogP contribution in [0.25, 0.3) is 0 Å². The molecule has 116 valence electrons. The number of amides is 1. The summed E-state index contributed by atoms with van der Waals surface area (Å²) in [5, 5.41) is 2.90.